The number of H-pyrrole nitrogens is 1. The molecule has 1 aromatic rings. The molecule has 0 spiro atoms. The van der Waals surface area contributed by atoms with Gasteiger partial charge in [-0.15, -0.1) is 0 Å². The second kappa shape index (κ2) is 6.58. The molecule has 0 bridgehead atoms. The number of nitrogens with zero attached hydrogens (tertiary/aromatic N) is 1. The first-order valence-electron chi connectivity index (χ1n) is 7.40. The fourth-order valence-electron chi connectivity index (χ4n) is 2.92. The predicted octanol–water partition coefficient (Wildman–Crippen LogP) is 2.95. The van der Waals surface area contributed by atoms with Crippen LogP contribution in [0.3, 0.4) is 0 Å². The maximum absolute atomic E-state index is 13.0. The Labute approximate surface area is 127 Å². The number of halogens is 3. The maximum atomic E-state index is 13.0. The van der Waals surface area contributed by atoms with Crippen LogP contribution < -0.4 is 10.6 Å². The Kier molecular flexibility index (Phi) is 4.97. The number of carbonyl (C=O) groups excluding carboxylic acids is 1. The summed E-state index contributed by atoms with van der Waals surface area (Å²) in [5.74, 6) is -1.45. The van der Waals surface area contributed by atoms with Crippen molar-refractivity contribution in [1.82, 2.24) is 20.8 Å². The number of hydrogen-bond acceptors (Lipinski definition) is 2. The molecule has 0 aliphatic heterocycles. The number of amides is 2. The molecule has 0 unspecified atom stereocenters. The summed E-state index contributed by atoms with van der Waals surface area (Å²) in [4.78, 5) is 11.9. The van der Waals surface area contributed by atoms with Crippen LogP contribution in [0.4, 0.5) is 18.0 Å². The second-order valence-electron chi connectivity index (χ2n) is 5.78. The monoisotopic (exact) mass is 318 g/mol. The van der Waals surface area contributed by atoms with E-state index in [0.717, 1.165) is 17.0 Å². The van der Waals surface area contributed by atoms with Gasteiger partial charge in [-0.3, -0.25) is 5.10 Å². The fraction of sp³-hybridized carbons (Fsp3) is 0.714. The molecule has 1 saturated carbocycles. The quantitative estimate of drug-likeness (QED) is 0.802. The van der Waals surface area contributed by atoms with Gasteiger partial charge in [-0.25, -0.2) is 4.79 Å². The number of hydrogen-bond donors (Lipinski definition) is 3. The van der Waals surface area contributed by atoms with Crippen LogP contribution in [0, 0.1) is 19.8 Å². The zero-order valence-corrected chi connectivity index (χ0v) is 12.7. The molecular weight excluding hydrogens is 297 g/mol. The van der Waals surface area contributed by atoms with E-state index in [2.05, 4.69) is 20.8 Å². The van der Waals surface area contributed by atoms with E-state index in [0.29, 0.717) is 19.3 Å². The molecule has 8 heteroatoms. The van der Waals surface area contributed by atoms with E-state index in [1.807, 2.05) is 6.92 Å². The Balaban J connectivity index is 1.90. The van der Waals surface area contributed by atoms with Gasteiger partial charge < -0.3 is 10.6 Å². The largest absolute Gasteiger partial charge is 0.393 e. The number of carbonyl (C=O) groups is 1. The third-order valence-electron chi connectivity index (χ3n) is 4.21. The van der Waals surface area contributed by atoms with E-state index >= 15 is 0 Å². The number of aryl methyl sites for hydroxylation is 2. The minimum Gasteiger partial charge on any atom is -0.335 e. The zero-order chi connectivity index (χ0) is 16.3. The van der Waals surface area contributed by atoms with Crippen LogP contribution in [0.5, 0.6) is 0 Å². The smallest absolute Gasteiger partial charge is 0.335 e. The molecule has 3 N–H and O–H groups in total. The Morgan fingerprint density at radius 3 is 2.59 bits per heavy atom. The summed E-state index contributed by atoms with van der Waals surface area (Å²) >= 11 is 0. The number of aromatic amines is 1. The third-order valence-corrected chi connectivity index (χ3v) is 4.21. The molecule has 0 saturated heterocycles. The Morgan fingerprint density at radius 1 is 1.32 bits per heavy atom. The summed E-state index contributed by atoms with van der Waals surface area (Å²) in [6.45, 7) is 3.87. The van der Waals surface area contributed by atoms with Gasteiger partial charge in [0.25, 0.3) is 0 Å². The topological polar surface area (TPSA) is 69.8 Å². The van der Waals surface area contributed by atoms with Crippen LogP contribution in [0.2, 0.25) is 0 Å². The van der Waals surface area contributed by atoms with Crippen LogP contribution in [0.25, 0.3) is 0 Å². The lowest BCUT2D eigenvalue weighted by Gasteiger charge is -2.33. The summed E-state index contributed by atoms with van der Waals surface area (Å²) in [7, 11) is 0. The molecule has 22 heavy (non-hydrogen) atoms. The average Bonchev–Trinajstić information content (AvgIpc) is 2.75. The highest BCUT2D eigenvalue weighted by Gasteiger charge is 2.45. The standard InChI is InChI=1S/C14H21F3N4O/c1-8-10(9(2)21-20-8)7-18-13(22)19-12-6-4-3-5-11(12)14(15,16)17/h11-12H,3-7H2,1-2H3,(H,20,21)(H2,18,19,22)/t11-,12+/m1/s1. The van der Waals surface area contributed by atoms with Crippen molar-refractivity contribution in [2.24, 2.45) is 5.92 Å². The molecule has 0 radical (unpaired) electrons. The van der Waals surface area contributed by atoms with E-state index in [-0.39, 0.29) is 13.0 Å². The SMILES string of the molecule is Cc1n[nH]c(C)c1CNC(=O)N[C@H]1CCCC[C@H]1C(F)(F)F. The first kappa shape index (κ1) is 16.6. The van der Waals surface area contributed by atoms with Crippen molar-refractivity contribution >= 4 is 6.03 Å². The Morgan fingerprint density at radius 2 is 2.00 bits per heavy atom. The lowest BCUT2D eigenvalue weighted by molar-refractivity contribution is -0.187. The average molecular weight is 318 g/mol. The van der Waals surface area contributed by atoms with Gasteiger partial charge in [0.2, 0.25) is 0 Å². The van der Waals surface area contributed by atoms with Gasteiger partial charge >= 0.3 is 12.2 Å². The number of nitrogens with one attached hydrogen (secondary N) is 3. The molecule has 0 aromatic carbocycles. The highest BCUT2D eigenvalue weighted by Crippen LogP contribution is 2.37. The predicted molar refractivity (Wildman–Crippen MR) is 75.2 cm³/mol. The molecule has 1 aliphatic rings. The summed E-state index contributed by atoms with van der Waals surface area (Å²) in [6, 6.07) is -1.42. The molecule has 2 rings (SSSR count). The first-order chi connectivity index (χ1) is 10.3. The Hall–Kier alpha value is -1.73. The molecule has 5 nitrogen and oxygen atoms in total. The van der Waals surface area contributed by atoms with Crippen molar-refractivity contribution in [3.63, 3.8) is 0 Å². The van der Waals surface area contributed by atoms with Crippen LogP contribution in [0.15, 0.2) is 0 Å². The summed E-state index contributed by atoms with van der Waals surface area (Å²) < 4.78 is 38.9. The fourth-order valence-corrected chi connectivity index (χ4v) is 2.92. The molecule has 1 heterocycles. The number of rotatable bonds is 3. The van der Waals surface area contributed by atoms with Crippen molar-refractivity contribution in [1.29, 1.82) is 0 Å². The maximum Gasteiger partial charge on any atom is 0.393 e. The molecule has 1 aliphatic carbocycles. The van der Waals surface area contributed by atoms with Crippen LogP contribution in [-0.4, -0.2) is 28.4 Å². The van der Waals surface area contributed by atoms with Crippen molar-refractivity contribution < 1.29 is 18.0 Å². The van der Waals surface area contributed by atoms with Gasteiger partial charge in [-0.2, -0.15) is 18.3 Å². The second-order valence-corrected chi connectivity index (χ2v) is 5.78. The molecule has 2 atom stereocenters. The number of urea groups is 1. The Bertz CT molecular complexity index is 507. The number of aromatic nitrogens is 2. The van der Waals surface area contributed by atoms with Gasteiger partial charge in [0.1, 0.15) is 0 Å². The van der Waals surface area contributed by atoms with E-state index in [9.17, 15) is 18.0 Å². The van der Waals surface area contributed by atoms with Gasteiger partial charge in [-0.1, -0.05) is 12.8 Å². The first-order valence-corrected chi connectivity index (χ1v) is 7.40. The molecule has 124 valence electrons. The summed E-state index contributed by atoms with van der Waals surface area (Å²) in [5.41, 5.74) is 2.46. The van der Waals surface area contributed by atoms with Gasteiger partial charge in [0.15, 0.2) is 0 Å². The lowest BCUT2D eigenvalue weighted by Crippen LogP contribution is -2.50. The van der Waals surface area contributed by atoms with E-state index in [4.69, 9.17) is 0 Å². The van der Waals surface area contributed by atoms with Crippen LogP contribution in [-0.2, 0) is 6.54 Å². The van der Waals surface area contributed by atoms with Crippen LogP contribution >= 0.6 is 0 Å². The normalized spacial score (nSPS) is 22.4. The minimum absolute atomic E-state index is 0.0778. The summed E-state index contributed by atoms with van der Waals surface area (Å²) in [5, 5.41) is 11.9. The molecule has 1 aromatic heterocycles. The van der Waals surface area contributed by atoms with E-state index < -0.39 is 24.2 Å². The third kappa shape index (κ3) is 3.92. The minimum atomic E-state index is -4.27. The van der Waals surface area contributed by atoms with Crippen LogP contribution in [0.1, 0.15) is 42.6 Å². The highest BCUT2D eigenvalue weighted by atomic mass is 19.4. The molecule has 1 fully saturated rings. The highest BCUT2D eigenvalue weighted by molar-refractivity contribution is 5.74. The molecule has 2 amide bonds. The zero-order valence-electron chi connectivity index (χ0n) is 12.7. The van der Waals surface area contributed by atoms with Gasteiger partial charge in [0, 0.05) is 23.8 Å². The van der Waals surface area contributed by atoms with Crippen molar-refractivity contribution in [2.45, 2.75) is 58.3 Å². The van der Waals surface area contributed by atoms with Gasteiger partial charge in [-0.05, 0) is 26.7 Å². The number of alkyl halides is 3. The van der Waals surface area contributed by atoms with Crippen molar-refractivity contribution in [3.05, 3.63) is 17.0 Å². The van der Waals surface area contributed by atoms with Crippen molar-refractivity contribution in [2.75, 3.05) is 0 Å². The lowest BCUT2D eigenvalue weighted by atomic mass is 9.84. The van der Waals surface area contributed by atoms with Gasteiger partial charge in [0.05, 0.1) is 11.6 Å². The molecular formula is C14H21F3N4O. The van der Waals surface area contributed by atoms with E-state index in [1.165, 1.54) is 0 Å². The van der Waals surface area contributed by atoms with Crippen molar-refractivity contribution in [3.8, 4) is 0 Å². The summed E-state index contributed by atoms with van der Waals surface area (Å²) in [6.07, 6.45) is -2.57. The van der Waals surface area contributed by atoms with E-state index in [1.54, 1.807) is 6.92 Å².